The van der Waals surface area contributed by atoms with E-state index in [1.807, 2.05) is 0 Å². The maximum absolute atomic E-state index is 7.17. The van der Waals surface area contributed by atoms with Crippen molar-refractivity contribution in [2.45, 2.75) is 0 Å². The molecule has 1 radical (unpaired) electrons. The second kappa shape index (κ2) is 16.4. The second-order valence-corrected chi connectivity index (χ2v) is 0.346. The van der Waals surface area contributed by atoms with Gasteiger partial charge >= 0.3 is 52.8 Å². The van der Waals surface area contributed by atoms with E-state index < -0.39 is 7.32 Å². The van der Waals surface area contributed by atoms with Crippen LogP contribution in [0.5, 0.6) is 0 Å². The molecule has 0 heterocycles. The Balaban J connectivity index is -0.00000000450. The van der Waals surface area contributed by atoms with Crippen LogP contribution < -0.4 is 0 Å². The SMILES string of the molecule is OB(O)O.[Gd].[H-].[H-].[Sr+2].[Y]. The molecule has 0 rings (SSSR count). The summed E-state index contributed by atoms with van der Waals surface area (Å²) < 4.78 is 0. The predicted molar refractivity (Wildman–Crippen MR) is 20.4 cm³/mol. The molecule has 0 aromatic heterocycles. The van der Waals surface area contributed by atoms with E-state index in [9.17, 15) is 0 Å². The van der Waals surface area contributed by atoms with Crippen LogP contribution in [0, 0.1) is 39.9 Å². The topological polar surface area (TPSA) is 60.7 Å². The van der Waals surface area contributed by atoms with E-state index in [0.29, 0.717) is 0 Å². The number of hydrogen-bond donors (Lipinski definition) is 3. The molecule has 0 aliphatic carbocycles. The summed E-state index contributed by atoms with van der Waals surface area (Å²) in [5.74, 6) is 0. The van der Waals surface area contributed by atoms with Crippen LogP contribution in [0.1, 0.15) is 2.85 Å². The summed E-state index contributed by atoms with van der Waals surface area (Å²) in [6.45, 7) is 0. The Hall–Kier alpha value is 3.85. The summed E-state index contributed by atoms with van der Waals surface area (Å²) in [5, 5.41) is 21.5. The van der Waals surface area contributed by atoms with Crippen molar-refractivity contribution in [2.75, 3.05) is 0 Å². The van der Waals surface area contributed by atoms with Gasteiger partial charge in [0.25, 0.3) is 0 Å². The predicted octanol–water partition coefficient (Wildman–Crippen LogP) is -2.21. The van der Waals surface area contributed by atoms with Crippen LogP contribution in [0.2, 0.25) is 0 Å². The van der Waals surface area contributed by atoms with Gasteiger partial charge in [-0.1, -0.05) is 0 Å². The van der Waals surface area contributed by atoms with E-state index >= 15 is 0 Å². The van der Waals surface area contributed by atoms with Gasteiger partial charge in [-0.05, 0) is 0 Å². The van der Waals surface area contributed by atoms with Crippen molar-refractivity contribution in [2.24, 2.45) is 0 Å². The maximum atomic E-state index is 7.17. The van der Waals surface area contributed by atoms with Gasteiger partial charge in [0.1, 0.15) is 0 Å². The fourth-order valence-electron chi connectivity index (χ4n) is 0. The molecule has 0 spiro atoms. The largest absolute Gasteiger partial charge is 2.00 e. The zero-order valence-electron chi connectivity index (χ0n) is 5.56. The molecule has 0 aliphatic rings. The van der Waals surface area contributed by atoms with E-state index in [0.717, 1.165) is 0 Å². The smallest absolute Gasteiger partial charge is 1.00 e. The quantitative estimate of drug-likeness (QED) is 0.406. The molecule has 7 heteroatoms. The summed E-state index contributed by atoms with van der Waals surface area (Å²) in [6, 6.07) is 0. The molecule has 0 aromatic carbocycles. The van der Waals surface area contributed by atoms with Crippen molar-refractivity contribution in [3.63, 3.8) is 0 Å². The third-order valence-corrected chi connectivity index (χ3v) is 0. The first-order valence-corrected chi connectivity index (χ1v) is 0.775. The molecule has 0 bridgehead atoms. The van der Waals surface area contributed by atoms with E-state index in [4.69, 9.17) is 15.1 Å². The fourth-order valence-corrected chi connectivity index (χ4v) is 0. The van der Waals surface area contributed by atoms with Crippen molar-refractivity contribution in [1.29, 1.82) is 0 Å². The van der Waals surface area contributed by atoms with Crippen LogP contribution in [-0.4, -0.2) is 67.9 Å². The molecule has 0 aromatic rings. The van der Waals surface area contributed by atoms with Crippen LogP contribution in [0.4, 0.5) is 0 Å². The third-order valence-electron chi connectivity index (χ3n) is 0. The third kappa shape index (κ3) is 40.9. The van der Waals surface area contributed by atoms with Crippen LogP contribution in [0.25, 0.3) is 0 Å². The molecule has 0 saturated heterocycles. The maximum Gasteiger partial charge on any atom is 2.00 e. The first-order chi connectivity index (χ1) is 1.73. The number of rotatable bonds is 0. The Morgan fingerprint density at radius 2 is 1.14 bits per heavy atom. The summed E-state index contributed by atoms with van der Waals surface area (Å²) in [7, 11) is -2.17. The molecule has 0 unspecified atom stereocenters. The van der Waals surface area contributed by atoms with Gasteiger partial charge in [0.05, 0.1) is 0 Å². The molecule has 0 fully saturated rings. The van der Waals surface area contributed by atoms with Crippen LogP contribution in [-0.2, 0) is 32.7 Å². The molecule has 7 heavy (non-hydrogen) atoms. The standard InChI is InChI=1S/BH3O3.Gd.Sr.Y.2H/c2-1(3)4;;;;;/h2-4H;;;;;/q;;+2;;2*-1. The average Bonchev–Trinajstić information content (AvgIpc) is 0.811. The van der Waals surface area contributed by atoms with Crippen molar-refractivity contribution >= 4 is 52.8 Å². The molecule has 3 N–H and O–H groups in total. The Bertz CT molecular complexity index is 26.5. The first kappa shape index (κ1) is 22.4. The average molecular weight is 398 g/mol. The van der Waals surface area contributed by atoms with Gasteiger partial charge in [-0.3, -0.25) is 0 Å². The second-order valence-electron chi connectivity index (χ2n) is 0.346. The van der Waals surface area contributed by atoms with E-state index in [1.165, 1.54) is 0 Å². The van der Waals surface area contributed by atoms with Gasteiger partial charge < -0.3 is 17.9 Å². The van der Waals surface area contributed by atoms with Crippen LogP contribution >= 0.6 is 0 Å². The van der Waals surface area contributed by atoms with E-state index in [1.54, 1.807) is 0 Å². The Morgan fingerprint density at radius 3 is 1.14 bits per heavy atom. The molecular weight excluding hydrogens is 393 g/mol. The molecular formula is H5BGdO3SrY. The molecule has 0 atom stereocenters. The van der Waals surface area contributed by atoms with Gasteiger partial charge in [0.15, 0.2) is 0 Å². The van der Waals surface area contributed by atoms with Crippen LogP contribution in [0.3, 0.4) is 0 Å². The Labute approximate surface area is 140 Å². The normalized spacial score (nSPS) is 3.86. The minimum atomic E-state index is -2.17. The van der Waals surface area contributed by atoms with Crippen molar-refractivity contribution in [3.05, 3.63) is 0 Å². The molecule has 3 nitrogen and oxygen atoms in total. The summed E-state index contributed by atoms with van der Waals surface area (Å²) in [4.78, 5) is 0. The summed E-state index contributed by atoms with van der Waals surface area (Å²) >= 11 is 0. The van der Waals surface area contributed by atoms with Gasteiger partial charge in [0.2, 0.25) is 0 Å². The monoisotopic (exact) mass is 399 g/mol. The minimum absolute atomic E-state index is 0. The summed E-state index contributed by atoms with van der Waals surface area (Å²) in [6.07, 6.45) is 0. The van der Waals surface area contributed by atoms with E-state index in [2.05, 4.69) is 0 Å². The van der Waals surface area contributed by atoms with Gasteiger partial charge in [-0.2, -0.15) is 0 Å². The zero-order chi connectivity index (χ0) is 3.58. The fraction of sp³-hybridized carbons (Fsp3) is 0. The molecule has 0 amide bonds. The van der Waals surface area contributed by atoms with Gasteiger partial charge in [-0.25, -0.2) is 0 Å². The van der Waals surface area contributed by atoms with Gasteiger partial charge in [-0.15, -0.1) is 0 Å². The van der Waals surface area contributed by atoms with Gasteiger partial charge in [0, 0.05) is 72.6 Å². The molecule has 0 saturated carbocycles. The van der Waals surface area contributed by atoms with Crippen molar-refractivity contribution in [3.8, 4) is 0 Å². The van der Waals surface area contributed by atoms with Crippen LogP contribution in [0.15, 0.2) is 0 Å². The first-order valence-electron chi connectivity index (χ1n) is 0.775. The Kier molecular flexibility index (Phi) is 52.7. The minimum Gasteiger partial charge on any atom is -1.00 e. The Morgan fingerprint density at radius 1 is 1.14 bits per heavy atom. The van der Waals surface area contributed by atoms with Crippen molar-refractivity contribution in [1.82, 2.24) is 0 Å². The van der Waals surface area contributed by atoms with Crippen molar-refractivity contribution < 1.29 is 90.6 Å². The molecule has 39 valence electrons. The molecule has 0 aliphatic heterocycles. The number of hydrogen-bond acceptors (Lipinski definition) is 3. The summed E-state index contributed by atoms with van der Waals surface area (Å²) in [5.41, 5.74) is 0. The van der Waals surface area contributed by atoms with E-state index in [-0.39, 0.29) is 121 Å². The zero-order valence-corrected chi connectivity index (χ0v) is 12.1.